The predicted molar refractivity (Wildman–Crippen MR) is 66.0 cm³/mol. The Balaban J connectivity index is 2.51. The Bertz CT molecular complexity index is 841. The number of carbonyl (C=O) groups is 1. The van der Waals surface area contributed by atoms with Gasteiger partial charge in [0.2, 0.25) is 5.43 Å². The summed E-state index contributed by atoms with van der Waals surface area (Å²) in [6.45, 7) is 1.82. The zero-order chi connectivity index (χ0) is 12.9. The molecule has 18 heavy (non-hydrogen) atoms. The summed E-state index contributed by atoms with van der Waals surface area (Å²) < 4.78 is 5.52. The first-order valence-electron chi connectivity index (χ1n) is 5.36. The molecule has 2 N–H and O–H groups in total. The largest absolute Gasteiger partial charge is 0.477 e. The van der Waals surface area contributed by atoms with E-state index in [4.69, 9.17) is 9.52 Å². The molecule has 2 aromatic heterocycles. The molecule has 0 aliphatic heterocycles. The number of hydrogen-bond donors (Lipinski definition) is 2. The summed E-state index contributed by atoms with van der Waals surface area (Å²) in [5.41, 5.74) is 0.312. The maximum Gasteiger partial charge on any atom is 0.341 e. The topological polar surface area (TPSA) is 83.3 Å². The number of fused-ring (bicyclic) bond motifs is 3. The van der Waals surface area contributed by atoms with Crippen molar-refractivity contribution in [3.63, 3.8) is 0 Å². The second-order valence-electron chi connectivity index (χ2n) is 4.10. The van der Waals surface area contributed by atoms with Crippen LogP contribution in [-0.2, 0) is 0 Å². The molecule has 0 fully saturated rings. The summed E-state index contributed by atoms with van der Waals surface area (Å²) in [5.74, 6) is -0.505. The number of hydrogen-bond acceptors (Lipinski definition) is 3. The van der Waals surface area contributed by atoms with Crippen LogP contribution in [0, 0.1) is 6.92 Å². The SMILES string of the molecule is Cc1cc2ccc3c(=O)c(C(=O)O)c[nH]c3c2o1. The Morgan fingerprint density at radius 2 is 2.17 bits per heavy atom. The van der Waals surface area contributed by atoms with E-state index in [0.29, 0.717) is 16.5 Å². The molecule has 0 radical (unpaired) electrons. The van der Waals surface area contributed by atoms with Crippen LogP contribution in [0.3, 0.4) is 0 Å². The molecule has 0 unspecified atom stereocenters. The number of benzene rings is 1. The Labute approximate surface area is 101 Å². The van der Waals surface area contributed by atoms with Crippen molar-refractivity contribution in [3.05, 3.63) is 45.9 Å². The van der Waals surface area contributed by atoms with Gasteiger partial charge in [-0.05, 0) is 19.1 Å². The van der Waals surface area contributed by atoms with Crippen molar-refractivity contribution in [2.75, 3.05) is 0 Å². The Morgan fingerprint density at radius 3 is 2.89 bits per heavy atom. The van der Waals surface area contributed by atoms with Crippen molar-refractivity contribution in [1.82, 2.24) is 4.98 Å². The fraction of sp³-hybridized carbons (Fsp3) is 0.0769. The van der Waals surface area contributed by atoms with Crippen LogP contribution in [0.2, 0.25) is 0 Å². The molecule has 2 heterocycles. The van der Waals surface area contributed by atoms with Gasteiger partial charge in [-0.1, -0.05) is 6.07 Å². The van der Waals surface area contributed by atoms with E-state index in [-0.39, 0.29) is 5.56 Å². The number of H-pyrrole nitrogens is 1. The molecule has 5 nitrogen and oxygen atoms in total. The van der Waals surface area contributed by atoms with Crippen LogP contribution in [0.25, 0.3) is 21.9 Å². The van der Waals surface area contributed by atoms with Crippen LogP contribution in [-0.4, -0.2) is 16.1 Å². The summed E-state index contributed by atoms with van der Waals surface area (Å²) >= 11 is 0. The minimum atomic E-state index is -1.24. The van der Waals surface area contributed by atoms with Gasteiger partial charge in [0.05, 0.1) is 10.9 Å². The van der Waals surface area contributed by atoms with Crippen molar-refractivity contribution >= 4 is 27.8 Å². The molecule has 3 rings (SSSR count). The van der Waals surface area contributed by atoms with Gasteiger partial charge in [0, 0.05) is 11.6 Å². The highest BCUT2D eigenvalue weighted by Crippen LogP contribution is 2.25. The summed E-state index contributed by atoms with van der Waals surface area (Å²) in [5, 5.41) is 10.1. The molecule has 1 aromatic carbocycles. The standard InChI is InChI=1S/C13H9NO4/c1-6-4-7-2-3-8-10(12(7)18-6)14-5-9(11(8)15)13(16)17/h2-5H,1H3,(H,14,15)(H,16,17). The van der Waals surface area contributed by atoms with Crippen LogP contribution in [0.1, 0.15) is 16.1 Å². The van der Waals surface area contributed by atoms with Gasteiger partial charge in [-0.25, -0.2) is 4.79 Å². The van der Waals surface area contributed by atoms with E-state index in [2.05, 4.69) is 4.98 Å². The molecular formula is C13H9NO4. The zero-order valence-corrected chi connectivity index (χ0v) is 9.48. The molecule has 0 aliphatic carbocycles. The molecule has 5 heteroatoms. The number of nitrogens with one attached hydrogen (secondary N) is 1. The van der Waals surface area contributed by atoms with Crippen LogP contribution < -0.4 is 5.43 Å². The lowest BCUT2D eigenvalue weighted by Gasteiger charge is -2.00. The second-order valence-corrected chi connectivity index (χ2v) is 4.10. The summed E-state index contributed by atoms with van der Waals surface area (Å²) in [7, 11) is 0. The summed E-state index contributed by atoms with van der Waals surface area (Å²) in [6.07, 6.45) is 1.20. The lowest BCUT2D eigenvalue weighted by atomic mass is 10.1. The van der Waals surface area contributed by atoms with Gasteiger partial charge < -0.3 is 14.5 Å². The number of pyridine rings is 1. The summed E-state index contributed by atoms with van der Waals surface area (Å²) in [4.78, 5) is 25.7. The minimum absolute atomic E-state index is 0.273. The van der Waals surface area contributed by atoms with Crippen molar-refractivity contribution in [1.29, 1.82) is 0 Å². The van der Waals surface area contributed by atoms with E-state index in [1.807, 2.05) is 13.0 Å². The number of aromatic amines is 1. The smallest absolute Gasteiger partial charge is 0.341 e. The van der Waals surface area contributed by atoms with E-state index in [1.165, 1.54) is 6.20 Å². The highest BCUT2D eigenvalue weighted by molar-refractivity contribution is 6.03. The van der Waals surface area contributed by atoms with Gasteiger partial charge in [-0.15, -0.1) is 0 Å². The Kier molecular flexibility index (Phi) is 2.04. The maximum absolute atomic E-state index is 12.0. The number of rotatable bonds is 1. The number of aromatic carboxylic acids is 1. The molecule has 3 aromatic rings. The number of furan rings is 1. The third kappa shape index (κ3) is 1.34. The molecule has 0 saturated carbocycles. The number of carboxylic acids is 1. The number of aromatic nitrogens is 1. The molecular weight excluding hydrogens is 234 g/mol. The average Bonchev–Trinajstić information content (AvgIpc) is 2.69. The fourth-order valence-corrected chi connectivity index (χ4v) is 2.08. The number of aryl methyl sites for hydroxylation is 1. The molecule has 0 saturated heterocycles. The predicted octanol–water partition coefficient (Wildman–Crippen LogP) is 2.28. The van der Waals surface area contributed by atoms with Gasteiger partial charge in [-0.3, -0.25) is 4.79 Å². The van der Waals surface area contributed by atoms with Gasteiger partial charge in [0.1, 0.15) is 11.3 Å². The van der Waals surface area contributed by atoms with Crippen LogP contribution in [0.5, 0.6) is 0 Å². The first-order valence-corrected chi connectivity index (χ1v) is 5.36. The normalized spacial score (nSPS) is 11.2. The lowest BCUT2D eigenvalue weighted by molar-refractivity contribution is 0.0695. The first-order chi connectivity index (χ1) is 8.58. The van der Waals surface area contributed by atoms with Crippen molar-refractivity contribution < 1.29 is 14.3 Å². The third-order valence-corrected chi connectivity index (χ3v) is 2.89. The molecule has 0 atom stereocenters. The molecule has 0 bridgehead atoms. The maximum atomic E-state index is 12.0. The van der Waals surface area contributed by atoms with E-state index in [9.17, 15) is 9.59 Å². The van der Waals surface area contributed by atoms with E-state index < -0.39 is 11.4 Å². The molecule has 0 aliphatic rings. The van der Waals surface area contributed by atoms with Crippen LogP contribution in [0.15, 0.2) is 33.6 Å². The second kappa shape index (κ2) is 3.46. The Morgan fingerprint density at radius 1 is 1.39 bits per heavy atom. The Hall–Kier alpha value is -2.56. The van der Waals surface area contributed by atoms with Gasteiger partial charge in [0.15, 0.2) is 5.58 Å². The van der Waals surface area contributed by atoms with Crippen LogP contribution >= 0.6 is 0 Å². The van der Waals surface area contributed by atoms with Gasteiger partial charge in [0.25, 0.3) is 0 Å². The average molecular weight is 243 g/mol. The van der Waals surface area contributed by atoms with Gasteiger partial charge >= 0.3 is 5.97 Å². The van der Waals surface area contributed by atoms with E-state index in [0.717, 1.165) is 11.1 Å². The van der Waals surface area contributed by atoms with Crippen molar-refractivity contribution in [3.8, 4) is 0 Å². The number of carboxylic acid groups (broad SMARTS) is 1. The van der Waals surface area contributed by atoms with Crippen LogP contribution in [0.4, 0.5) is 0 Å². The summed E-state index contributed by atoms with van der Waals surface area (Å²) in [6, 6.07) is 5.21. The fourth-order valence-electron chi connectivity index (χ4n) is 2.08. The van der Waals surface area contributed by atoms with Gasteiger partial charge in [-0.2, -0.15) is 0 Å². The third-order valence-electron chi connectivity index (χ3n) is 2.89. The monoisotopic (exact) mass is 243 g/mol. The highest BCUT2D eigenvalue weighted by atomic mass is 16.4. The molecule has 0 spiro atoms. The highest BCUT2D eigenvalue weighted by Gasteiger charge is 2.14. The van der Waals surface area contributed by atoms with E-state index >= 15 is 0 Å². The van der Waals surface area contributed by atoms with Crippen molar-refractivity contribution in [2.45, 2.75) is 6.92 Å². The first kappa shape index (κ1) is 10.6. The van der Waals surface area contributed by atoms with Crippen molar-refractivity contribution in [2.24, 2.45) is 0 Å². The zero-order valence-electron chi connectivity index (χ0n) is 9.48. The lowest BCUT2D eigenvalue weighted by Crippen LogP contribution is -2.15. The minimum Gasteiger partial charge on any atom is -0.477 e. The quantitative estimate of drug-likeness (QED) is 0.686. The molecule has 90 valence electrons. The van der Waals surface area contributed by atoms with E-state index in [1.54, 1.807) is 12.1 Å². The molecule has 0 amide bonds.